The molecule has 0 saturated heterocycles. The van der Waals surface area contributed by atoms with Crippen molar-refractivity contribution in [2.24, 2.45) is 0 Å². The van der Waals surface area contributed by atoms with Crippen molar-refractivity contribution in [1.82, 2.24) is 4.90 Å². The van der Waals surface area contributed by atoms with Gasteiger partial charge in [-0.25, -0.2) is 0 Å². The smallest absolute Gasteiger partial charge is 0.0771 e. The summed E-state index contributed by atoms with van der Waals surface area (Å²) in [5, 5.41) is 8.67. The number of thiophene rings is 1. The van der Waals surface area contributed by atoms with Crippen LogP contribution in [0.15, 0.2) is 12.1 Å². The first-order valence-corrected chi connectivity index (χ1v) is 7.42. The number of hydrogen-bond donors (Lipinski definition) is 1. The molecule has 0 aromatic carbocycles. The third-order valence-corrected chi connectivity index (χ3v) is 3.45. The van der Waals surface area contributed by atoms with Crippen LogP contribution < -0.4 is 0 Å². The van der Waals surface area contributed by atoms with Gasteiger partial charge in [0.1, 0.15) is 0 Å². The highest BCUT2D eigenvalue weighted by Crippen LogP contribution is 2.16. The summed E-state index contributed by atoms with van der Waals surface area (Å²) in [4.78, 5) is 4.62. The second-order valence-corrected chi connectivity index (χ2v) is 5.87. The molecule has 1 aromatic heterocycles. The Labute approximate surface area is 120 Å². The van der Waals surface area contributed by atoms with Crippen molar-refractivity contribution in [3.8, 4) is 11.8 Å². The monoisotopic (exact) mass is 281 g/mol. The van der Waals surface area contributed by atoms with E-state index < -0.39 is 0 Å². The summed E-state index contributed by atoms with van der Waals surface area (Å²) in [5.74, 6) is 6.00. The molecule has 0 atom stereocenters. The summed E-state index contributed by atoms with van der Waals surface area (Å²) >= 11 is 1.71. The Kier molecular flexibility index (Phi) is 7.76. The lowest BCUT2D eigenvalue weighted by Crippen LogP contribution is -2.23. The van der Waals surface area contributed by atoms with E-state index in [4.69, 9.17) is 9.84 Å². The zero-order valence-electron chi connectivity index (χ0n) is 12.0. The molecule has 1 heterocycles. The summed E-state index contributed by atoms with van der Waals surface area (Å²) in [7, 11) is 2.10. The minimum Gasteiger partial charge on any atom is -0.395 e. The minimum absolute atomic E-state index is 0.129. The Morgan fingerprint density at radius 3 is 2.89 bits per heavy atom. The van der Waals surface area contributed by atoms with E-state index in [0.29, 0.717) is 12.5 Å². The number of hydrogen-bond acceptors (Lipinski definition) is 4. The van der Waals surface area contributed by atoms with E-state index in [9.17, 15) is 0 Å². The molecule has 0 fully saturated rings. The van der Waals surface area contributed by atoms with Gasteiger partial charge in [-0.3, -0.25) is 4.90 Å². The standard InChI is InChI=1S/C15H23NO2S/c1-13(2)18-11-9-16(3)12-15-8-7-14(19-15)6-4-5-10-17/h7-8,13,17H,5,9-12H2,1-3H3. The van der Waals surface area contributed by atoms with Crippen LogP contribution >= 0.6 is 11.3 Å². The highest BCUT2D eigenvalue weighted by molar-refractivity contribution is 7.12. The predicted octanol–water partition coefficient (Wildman–Crippen LogP) is 2.34. The van der Waals surface area contributed by atoms with E-state index in [0.717, 1.165) is 24.6 Å². The van der Waals surface area contributed by atoms with Crippen LogP contribution in [0.5, 0.6) is 0 Å². The van der Waals surface area contributed by atoms with E-state index in [1.165, 1.54) is 4.88 Å². The Bertz CT molecular complexity index is 417. The van der Waals surface area contributed by atoms with Gasteiger partial charge in [-0.2, -0.15) is 0 Å². The minimum atomic E-state index is 0.129. The van der Waals surface area contributed by atoms with Crippen molar-refractivity contribution in [3.05, 3.63) is 21.9 Å². The predicted molar refractivity (Wildman–Crippen MR) is 80.3 cm³/mol. The molecule has 1 N–H and O–H groups in total. The molecule has 106 valence electrons. The lowest BCUT2D eigenvalue weighted by Gasteiger charge is -2.16. The van der Waals surface area contributed by atoms with Crippen LogP contribution in [-0.4, -0.2) is 42.9 Å². The van der Waals surface area contributed by atoms with Crippen molar-refractivity contribution in [1.29, 1.82) is 0 Å². The highest BCUT2D eigenvalue weighted by atomic mass is 32.1. The first-order chi connectivity index (χ1) is 9.11. The normalized spacial score (nSPS) is 10.8. The molecule has 3 nitrogen and oxygen atoms in total. The summed E-state index contributed by atoms with van der Waals surface area (Å²) in [6.45, 7) is 6.86. The third-order valence-electron chi connectivity index (χ3n) is 2.46. The number of likely N-dealkylation sites (N-methyl/N-ethyl adjacent to an activating group) is 1. The van der Waals surface area contributed by atoms with Crippen LogP contribution in [0.3, 0.4) is 0 Å². The van der Waals surface area contributed by atoms with Crippen LogP contribution in [0.4, 0.5) is 0 Å². The highest BCUT2D eigenvalue weighted by Gasteiger charge is 2.03. The fraction of sp³-hybridized carbons (Fsp3) is 0.600. The molecule has 0 saturated carbocycles. The van der Waals surface area contributed by atoms with Gasteiger partial charge < -0.3 is 9.84 Å². The van der Waals surface area contributed by atoms with Crippen LogP contribution in [-0.2, 0) is 11.3 Å². The van der Waals surface area contributed by atoms with Crippen molar-refractivity contribution in [3.63, 3.8) is 0 Å². The summed E-state index contributed by atoms with van der Waals surface area (Å²) in [6.07, 6.45) is 0.836. The van der Waals surface area contributed by atoms with Crippen molar-refractivity contribution in [2.45, 2.75) is 32.9 Å². The maximum atomic E-state index is 8.67. The van der Waals surface area contributed by atoms with E-state index in [-0.39, 0.29) is 6.61 Å². The fourth-order valence-corrected chi connectivity index (χ4v) is 2.49. The first-order valence-electron chi connectivity index (χ1n) is 6.60. The number of nitrogens with zero attached hydrogens (tertiary/aromatic N) is 1. The van der Waals surface area contributed by atoms with Gasteiger partial charge in [-0.15, -0.1) is 11.3 Å². The van der Waals surface area contributed by atoms with Gasteiger partial charge in [0.15, 0.2) is 0 Å². The van der Waals surface area contributed by atoms with Gasteiger partial charge in [0.25, 0.3) is 0 Å². The summed E-state index contributed by atoms with van der Waals surface area (Å²) in [6, 6.07) is 4.16. The molecule has 0 aliphatic rings. The van der Waals surface area contributed by atoms with Crippen molar-refractivity contribution in [2.75, 3.05) is 26.8 Å². The first kappa shape index (κ1) is 16.2. The summed E-state index contributed by atoms with van der Waals surface area (Å²) in [5.41, 5.74) is 0. The Morgan fingerprint density at radius 2 is 2.21 bits per heavy atom. The molecule has 0 bridgehead atoms. The molecule has 0 aliphatic heterocycles. The number of aliphatic hydroxyl groups is 1. The quantitative estimate of drug-likeness (QED) is 0.779. The Morgan fingerprint density at radius 1 is 1.42 bits per heavy atom. The second kappa shape index (κ2) is 9.11. The molecule has 0 amide bonds. The van der Waals surface area contributed by atoms with E-state index >= 15 is 0 Å². The number of rotatable bonds is 7. The van der Waals surface area contributed by atoms with Crippen LogP contribution in [0.2, 0.25) is 0 Å². The van der Waals surface area contributed by atoms with Crippen molar-refractivity contribution >= 4 is 11.3 Å². The lowest BCUT2D eigenvalue weighted by molar-refractivity contribution is 0.0628. The zero-order valence-corrected chi connectivity index (χ0v) is 12.8. The lowest BCUT2D eigenvalue weighted by atomic mass is 10.4. The van der Waals surface area contributed by atoms with Gasteiger partial charge in [0.05, 0.1) is 24.2 Å². The SMILES string of the molecule is CC(C)OCCN(C)Cc1ccc(C#CCCO)s1. The summed E-state index contributed by atoms with van der Waals surface area (Å²) < 4.78 is 5.54. The van der Waals surface area contributed by atoms with Gasteiger partial charge in [0, 0.05) is 24.4 Å². The molecule has 1 aromatic rings. The molecule has 0 unspecified atom stereocenters. The van der Waals surface area contributed by atoms with Crippen LogP contribution in [0.25, 0.3) is 0 Å². The molecule has 0 aliphatic carbocycles. The van der Waals surface area contributed by atoms with Crippen LogP contribution in [0.1, 0.15) is 30.0 Å². The average molecular weight is 281 g/mol. The Hall–Kier alpha value is -0.860. The van der Waals surface area contributed by atoms with Crippen LogP contribution in [0, 0.1) is 11.8 Å². The Balaban J connectivity index is 2.35. The second-order valence-electron chi connectivity index (χ2n) is 4.70. The number of aliphatic hydroxyl groups excluding tert-OH is 1. The van der Waals surface area contributed by atoms with E-state index in [1.54, 1.807) is 11.3 Å². The van der Waals surface area contributed by atoms with E-state index in [1.807, 2.05) is 6.07 Å². The van der Waals surface area contributed by atoms with Gasteiger partial charge in [0.2, 0.25) is 0 Å². The van der Waals surface area contributed by atoms with Crippen molar-refractivity contribution < 1.29 is 9.84 Å². The maximum Gasteiger partial charge on any atom is 0.0771 e. The largest absolute Gasteiger partial charge is 0.395 e. The topological polar surface area (TPSA) is 32.7 Å². The third kappa shape index (κ3) is 7.34. The molecule has 4 heteroatoms. The average Bonchev–Trinajstić information content (AvgIpc) is 2.76. The molecule has 19 heavy (non-hydrogen) atoms. The van der Waals surface area contributed by atoms with E-state index in [2.05, 4.69) is 43.7 Å². The number of ether oxygens (including phenoxy) is 1. The maximum absolute atomic E-state index is 8.67. The molecular weight excluding hydrogens is 258 g/mol. The fourth-order valence-electron chi connectivity index (χ4n) is 1.52. The molecular formula is C15H23NO2S. The van der Waals surface area contributed by atoms with Gasteiger partial charge >= 0.3 is 0 Å². The zero-order chi connectivity index (χ0) is 14.1. The molecule has 1 rings (SSSR count). The molecule has 0 spiro atoms. The van der Waals surface area contributed by atoms with Gasteiger partial charge in [-0.05, 0) is 33.0 Å². The molecule has 0 radical (unpaired) electrons. The van der Waals surface area contributed by atoms with Gasteiger partial charge in [-0.1, -0.05) is 11.8 Å².